The van der Waals surface area contributed by atoms with Crippen molar-refractivity contribution in [2.24, 2.45) is 0 Å². The second-order valence-corrected chi connectivity index (χ2v) is 9.30. The molecule has 0 unspecified atom stereocenters. The van der Waals surface area contributed by atoms with Crippen molar-refractivity contribution in [3.63, 3.8) is 0 Å². The van der Waals surface area contributed by atoms with Gasteiger partial charge in [-0.15, -0.1) is 0 Å². The topological polar surface area (TPSA) is 89.7 Å². The minimum absolute atomic E-state index is 0.0265. The van der Waals surface area contributed by atoms with Crippen LogP contribution < -0.4 is 0 Å². The summed E-state index contributed by atoms with van der Waals surface area (Å²) in [4.78, 5) is 16.1. The Kier molecular flexibility index (Phi) is 5.87. The van der Waals surface area contributed by atoms with Crippen LogP contribution in [0.15, 0.2) is 58.0 Å². The lowest BCUT2D eigenvalue weighted by atomic mass is 9.95. The van der Waals surface area contributed by atoms with E-state index in [1.807, 2.05) is 30.3 Å². The monoisotopic (exact) mass is 428 g/mol. The van der Waals surface area contributed by atoms with Gasteiger partial charge in [-0.3, -0.25) is 0 Å². The summed E-state index contributed by atoms with van der Waals surface area (Å²) in [6.45, 7) is -0.0345. The molecule has 0 spiro atoms. The number of aromatic nitrogens is 1. The number of methoxy groups -OCH3 is 1. The van der Waals surface area contributed by atoms with E-state index >= 15 is 0 Å². The molecule has 0 aliphatic heterocycles. The minimum Gasteiger partial charge on any atom is -0.464 e. The van der Waals surface area contributed by atoms with E-state index in [1.165, 1.54) is 17.7 Å². The number of benzene rings is 2. The highest BCUT2D eigenvalue weighted by Gasteiger charge is 2.34. The van der Waals surface area contributed by atoms with Gasteiger partial charge in [0.1, 0.15) is 6.26 Å². The molecule has 1 saturated carbocycles. The Morgan fingerprint density at radius 3 is 2.63 bits per heavy atom. The van der Waals surface area contributed by atoms with Crippen molar-refractivity contribution in [1.82, 2.24) is 9.29 Å². The molecule has 2 aromatic carbocycles. The Morgan fingerprint density at radius 1 is 1.13 bits per heavy atom. The summed E-state index contributed by atoms with van der Waals surface area (Å²) in [6.07, 6.45) is 5.83. The Bertz CT molecular complexity index is 1140. The van der Waals surface area contributed by atoms with Gasteiger partial charge in [-0.25, -0.2) is 18.2 Å². The third-order valence-corrected chi connectivity index (χ3v) is 7.51. The molecule has 0 atom stereocenters. The van der Waals surface area contributed by atoms with Crippen molar-refractivity contribution in [2.45, 2.75) is 49.6 Å². The number of hydrogen-bond acceptors (Lipinski definition) is 6. The predicted octanol–water partition coefficient (Wildman–Crippen LogP) is 4.14. The Hall–Kier alpha value is -2.71. The minimum atomic E-state index is -3.82. The molecule has 0 bridgehead atoms. The van der Waals surface area contributed by atoms with Crippen LogP contribution in [0.3, 0.4) is 0 Å². The maximum atomic E-state index is 13.8. The number of rotatable bonds is 6. The van der Waals surface area contributed by atoms with Gasteiger partial charge >= 0.3 is 5.97 Å². The number of ether oxygens (including phenoxy) is 1. The summed E-state index contributed by atoms with van der Waals surface area (Å²) in [5, 5.41) is 1.55. The summed E-state index contributed by atoms with van der Waals surface area (Å²) in [5.74, 6) is -0.448. The van der Waals surface area contributed by atoms with E-state index in [0.29, 0.717) is 5.39 Å². The summed E-state index contributed by atoms with van der Waals surface area (Å²) < 4.78 is 39.2. The second-order valence-electron chi connectivity index (χ2n) is 7.44. The molecule has 0 radical (unpaired) electrons. The molecular weight excluding hydrogens is 404 g/mol. The molecule has 8 heteroatoms. The van der Waals surface area contributed by atoms with E-state index in [9.17, 15) is 13.2 Å². The number of nitrogens with zero attached hydrogens (tertiary/aromatic N) is 2. The summed E-state index contributed by atoms with van der Waals surface area (Å²) in [6, 6.07) is 12.6. The smallest absolute Gasteiger partial charge is 0.360 e. The zero-order valence-electron chi connectivity index (χ0n) is 16.8. The molecule has 158 valence electrons. The van der Waals surface area contributed by atoms with Crippen molar-refractivity contribution >= 4 is 26.8 Å². The number of hydrogen-bond donors (Lipinski definition) is 0. The fourth-order valence-electron chi connectivity index (χ4n) is 4.04. The first-order valence-corrected chi connectivity index (χ1v) is 11.5. The van der Waals surface area contributed by atoms with Gasteiger partial charge in [0, 0.05) is 11.4 Å². The molecule has 1 fully saturated rings. The molecule has 0 amide bonds. The zero-order chi connectivity index (χ0) is 21.1. The highest BCUT2D eigenvalue weighted by Crippen LogP contribution is 2.32. The summed E-state index contributed by atoms with van der Waals surface area (Å²) >= 11 is 0. The van der Waals surface area contributed by atoms with Crippen LogP contribution in [0.4, 0.5) is 0 Å². The maximum absolute atomic E-state index is 13.8. The molecule has 0 N–H and O–H groups in total. The van der Waals surface area contributed by atoms with Crippen LogP contribution >= 0.6 is 0 Å². The van der Waals surface area contributed by atoms with Crippen LogP contribution in [0, 0.1) is 0 Å². The van der Waals surface area contributed by atoms with Gasteiger partial charge in [0.05, 0.1) is 18.6 Å². The first-order valence-electron chi connectivity index (χ1n) is 10.0. The number of esters is 1. The van der Waals surface area contributed by atoms with E-state index in [-0.39, 0.29) is 29.1 Å². The molecule has 1 heterocycles. The van der Waals surface area contributed by atoms with E-state index in [4.69, 9.17) is 4.42 Å². The van der Waals surface area contributed by atoms with E-state index in [1.54, 1.807) is 12.1 Å². The molecule has 7 nitrogen and oxygen atoms in total. The van der Waals surface area contributed by atoms with Crippen molar-refractivity contribution < 1.29 is 22.4 Å². The average Bonchev–Trinajstić information content (AvgIpc) is 3.26. The van der Waals surface area contributed by atoms with Gasteiger partial charge in [-0.05, 0) is 24.3 Å². The maximum Gasteiger partial charge on any atom is 0.360 e. The van der Waals surface area contributed by atoms with Crippen LogP contribution in [0.1, 0.15) is 48.5 Å². The fraction of sp³-hybridized carbons (Fsp3) is 0.364. The number of sulfonamides is 1. The SMILES string of the molecule is COC(=O)c1coc(CN(C2CCCCC2)S(=O)(=O)c2cccc3ccccc23)n1. The Balaban J connectivity index is 1.75. The van der Waals surface area contributed by atoms with Crippen LogP contribution in [-0.4, -0.2) is 36.8 Å². The molecule has 1 aliphatic carbocycles. The third kappa shape index (κ3) is 3.97. The van der Waals surface area contributed by atoms with Crippen LogP contribution in [0.5, 0.6) is 0 Å². The summed E-state index contributed by atoms with van der Waals surface area (Å²) in [5.41, 5.74) is 0.0265. The van der Waals surface area contributed by atoms with Crippen molar-refractivity contribution in [2.75, 3.05) is 7.11 Å². The first kappa shape index (κ1) is 20.6. The molecule has 30 heavy (non-hydrogen) atoms. The fourth-order valence-corrected chi connectivity index (χ4v) is 5.89. The normalized spacial score (nSPS) is 15.5. The standard InChI is InChI=1S/C22H24N2O5S/c1-28-22(25)19-15-29-21(23-19)14-24(17-10-3-2-4-11-17)30(26,27)20-13-7-9-16-8-5-6-12-18(16)20/h5-9,12-13,15,17H,2-4,10-11,14H2,1H3. The molecule has 1 aliphatic rings. The van der Waals surface area contributed by atoms with E-state index < -0.39 is 16.0 Å². The molecule has 1 aromatic heterocycles. The molecule has 4 rings (SSSR count). The zero-order valence-corrected chi connectivity index (χ0v) is 17.6. The highest BCUT2D eigenvalue weighted by molar-refractivity contribution is 7.89. The number of carbonyl (C=O) groups excluding carboxylic acids is 1. The lowest BCUT2D eigenvalue weighted by molar-refractivity contribution is 0.0594. The lowest BCUT2D eigenvalue weighted by Gasteiger charge is -2.32. The van der Waals surface area contributed by atoms with E-state index in [0.717, 1.165) is 37.5 Å². The second kappa shape index (κ2) is 8.57. The van der Waals surface area contributed by atoms with Gasteiger partial charge in [-0.1, -0.05) is 55.7 Å². The van der Waals surface area contributed by atoms with Crippen molar-refractivity contribution in [3.8, 4) is 0 Å². The van der Waals surface area contributed by atoms with Gasteiger partial charge in [0.25, 0.3) is 0 Å². The van der Waals surface area contributed by atoms with Crippen molar-refractivity contribution in [1.29, 1.82) is 0 Å². The molecule has 0 saturated heterocycles. The lowest BCUT2D eigenvalue weighted by Crippen LogP contribution is -2.41. The third-order valence-electron chi connectivity index (χ3n) is 5.56. The average molecular weight is 429 g/mol. The number of fused-ring (bicyclic) bond motifs is 1. The number of oxazole rings is 1. The largest absolute Gasteiger partial charge is 0.464 e. The van der Waals surface area contributed by atoms with Gasteiger partial charge in [-0.2, -0.15) is 4.31 Å². The van der Waals surface area contributed by atoms with Crippen LogP contribution in [-0.2, 0) is 21.3 Å². The number of carbonyl (C=O) groups is 1. The predicted molar refractivity (Wildman–Crippen MR) is 111 cm³/mol. The first-order chi connectivity index (χ1) is 14.5. The Labute approximate surface area is 175 Å². The summed E-state index contributed by atoms with van der Waals surface area (Å²) in [7, 11) is -2.56. The van der Waals surface area contributed by atoms with E-state index in [2.05, 4.69) is 9.72 Å². The van der Waals surface area contributed by atoms with Gasteiger partial charge in [0.2, 0.25) is 15.9 Å². The van der Waals surface area contributed by atoms with Gasteiger partial charge < -0.3 is 9.15 Å². The Morgan fingerprint density at radius 2 is 1.87 bits per heavy atom. The van der Waals surface area contributed by atoms with Crippen LogP contribution in [0.25, 0.3) is 10.8 Å². The van der Waals surface area contributed by atoms with Gasteiger partial charge in [0.15, 0.2) is 5.69 Å². The highest BCUT2D eigenvalue weighted by atomic mass is 32.2. The van der Waals surface area contributed by atoms with Crippen LogP contribution in [0.2, 0.25) is 0 Å². The molecule has 3 aromatic rings. The van der Waals surface area contributed by atoms with Crippen molar-refractivity contribution in [3.05, 3.63) is 60.3 Å². The molecular formula is C22H24N2O5S. The quantitative estimate of drug-likeness (QED) is 0.548.